The smallest absolute Gasteiger partial charge is 0.0962 e. The van der Waals surface area contributed by atoms with Crippen LogP contribution in [0.25, 0.3) is 0 Å². The average molecular weight is 193 g/mol. The SMILES string of the molecule is CCC1CCc2sc(C3CC3)nc21. The van der Waals surface area contributed by atoms with Crippen LogP contribution < -0.4 is 0 Å². The molecule has 2 aliphatic carbocycles. The van der Waals surface area contributed by atoms with Gasteiger partial charge < -0.3 is 0 Å². The molecule has 0 bridgehead atoms. The molecule has 1 aromatic heterocycles. The number of rotatable bonds is 2. The second-order valence-electron chi connectivity index (χ2n) is 4.28. The van der Waals surface area contributed by atoms with E-state index in [-0.39, 0.29) is 0 Å². The Bertz CT molecular complexity index is 325. The fourth-order valence-electron chi connectivity index (χ4n) is 2.22. The van der Waals surface area contributed by atoms with Gasteiger partial charge in [0.05, 0.1) is 10.7 Å². The Labute approximate surface area is 83.2 Å². The van der Waals surface area contributed by atoms with Crippen LogP contribution in [0.4, 0.5) is 0 Å². The van der Waals surface area contributed by atoms with Crippen molar-refractivity contribution >= 4 is 11.3 Å². The largest absolute Gasteiger partial charge is 0.245 e. The first-order chi connectivity index (χ1) is 6.38. The van der Waals surface area contributed by atoms with E-state index in [1.165, 1.54) is 42.8 Å². The minimum Gasteiger partial charge on any atom is -0.245 e. The molecule has 1 unspecified atom stereocenters. The number of hydrogen-bond donors (Lipinski definition) is 0. The standard InChI is InChI=1S/C11H15NS/c1-2-7-5-6-9-10(7)12-11(13-9)8-3-4-8/h7-8H,2-6H2,1H3. The number of aryl methyl sites for hydroxylation is 1. The summed E-state index contributed by atoms with van der Waals surface area (Å²) in [5.74, 6) is 1.65. The third-order valence-electron chi connectivity index (χ3n) is 3.27. The van der Waals surface area contributed by atoms with Gasteiger partial charge in [0.2, 0.25) is 0 Å². The van der Waals surface area contributed by atoms with Crippen molar-refractivity contribution in [3.8, 4) is 0 Å². The molecule has 1 nitrogen and oxygen atoms in total. The zero-order valence-corrected chi connectivity index (χ0v) is 8.86. The zero-order valence-electron chi connectivity index (χ0n) is 8.05. The Morgan fingerprint density at radius 2 is 2.23 bits per heavy atom. The van der Waals surface area contributed by atoms with Crippen LogP contribution in [0.5, 0.6) is 0 Å². The lowest BCUT2D eigenvalue weighted by Crippen LogP contribution is -1.92. The fraction of sp³-hybridized carbons (Fsp3) is 0.727. The molecule has 0 amide bonds. The Balaban J connectivity index is 1.95. The molecule has 13 heavy (non-hydrogen) atoms. The van der Waals surface area contributed by atoms with Crippen LogP contribution >= 0.6 is 11.3 Å². The van der Waals surface area contributed by atoms with Crippen molar-refractivity contribution in [2.45, 2.75) is 50.9 Å². The molecular weight excluding hydrogens is 178 g/mol. The lowest BCUT2D eigenvalue weighted by Gasteiger charge is -2.03. The highest BCUT2D eigenvalue weighted by molar-refractivity contribution is 7.11. The van der Waals surface area contributed by atoms with Crippen LogP contribution in [-0.2, 0) is 6.42 Å². The van der Waals surface area contributed by atoms with E-state index in [1.807, 2.05) is 11.3 Å². The van der Waals surface area contributed by atoms with Crippen molar-refractivity contribution in [1.82, 2.24) is 4.98 Å². The van der Waals surface area contributed by atoms with E-state index in [9.17, 15) is 0 Å². The third kappa shape index (κ3) is 1.23. The number of nitrogens with zero attached hydrogens (tertiary/aromatic N) is 1. The molecule has 1 aromatic rings. The van der Waals surface area contributed by atoms with Gasteiger partial charge in [0, 0.05) is 16.7 Å². The van der Waals surface area contributed by atoms with Gasteiger partial charge in [-0.05, 0) is 32.1 Å². The first-order valence-corrected chi connectivity index (χ1v) is 6.19. The maximum absolute atomic E-state index is 4.82. The van der Waals surface area contributed by atoms with Crippen LogP contribution in [0, 0.1) is 0 Å². The van der Waals surface area contributed by atoms with Crippen LogP contribution in [0.15, 0.2) is 0 Å². The van der Waals surface area contributed by atoms with E-state index < -0.39 is 0 Å². The molecule has 3 rings (SSSR count). The quantitative estimate of drug-likeness (QED) is 0.701. The summed E-state index contributed by atoms with van der Waals surface area (Å²) >= 11 is 2.00. The van der Waals surface area contributed by atoms with E-state index in [2.05, 4.69) is 6.92 Å². The van der Waals surface area contributed by atoms with Gasteiger partial charge in [-0.15, -0.1) is 11.3 Å². The molecule has 2 aliphatic rings. The topological polar surface area (TPSA) is 12.9 Å². The second-order valence-corrected chi connectivity index (χ2v) is 5.39. The van der Waals surface area contributed by atoms with Gasteiger partial charge in [-0.2, -0.15) is 0 Å². The molecule has 0 radical (unpaired) electrons. The summed E-state index contributed by atoms with van der Waals surface area (Å²) in [6.07, 6.45) is 6.72. The van der Waals surface area contributed by atoms with Gasteiger partial charge in [0.1, 0.15) is 0 Å². The van der Waals surface area contributed by atoms with Gasteiger partial charge in [-0.1, -0.05) is 6.92 Å². The van der Waals surface area contributed by atoms with E-state index >= 15 is 0 Å². The Hall–Kier alpha value is -0.370. The van der Waals surface area contributed by atoms with Gasteiger partial charge in [0.25, 0.3) is 0 Å². The van der Waals surface area contributed by atoms with Crippen LogP contribution in [0.3, 0.4) is 0 Å². The number of aromatic nitrogens is 1. The Morgan fingerprint density at radius 1 is 1.38 bits per heavy atom. The number of thiazole rings is 1. The van der Waals surface area contributed by atoms with Crippen molar-refractivity contribution in [3.63, 3.8) is 0 Å². The molecular formula is C11H15NS. The predicted molar refractivity (Wildman–Crippen MR) is 55.4 cm³/mol. The normalized spacial score (nSPS) is 26.4. The van der Waals surface area contributed by atoms with Crippen molar-refractivity contribution in [2.75, 3.05) is 0 Å². The predicted octanol–water partition coefficient (Wildman–Crippen LogP) is 3.46. The lowest BCUT2D eigenvalue weighted by molar-refractivity contribution is 0.640. The molecule has 1 atom stereocenters. The first-order valence-electron chi connectivity index (χ1n) is 5.38. The monoisotopic (exact) mass is 193 g/mol. The van der Waals surface area contributed by atoms with Crippen molar-refractivity contribution in [2.24, 2.45) is 0 Å². The lowest BCUT2D eigenvalue weighted by atomic mass is 10.1. The highest BCUT2D eigenvalue weighted by Gasteiger charge is 2.32. The summed E-state index contributed by atoms with van der Waals surface area (Å²) in [5.41, 5.74) is 1.47. The molecule has 0 aromatic carbocycles. The molecule has 0 aliphatic heterocycles. The van der Waals surface area contributed by atoms with Gasteiger partial charge in [-0.3, -0.25) is 0 Å². The van der Waals surface area contributed by atoms with Crippen molar-refractivity contribution < 1.29 is 0 Å². The van der Waals surface area contributed by atoms with Crippen molar-refractivity contribution in [3.05, 3.63) is 15.6 Å². The fourth-order valence-corrected chi connectivity index (χ4v) is 3.56. The van der Waals surface area contributed by atoms with Gasteiger partial charge in [-0.25, -0.2) is 4.98 Å². The van der Waals surface area contributed by atoms with E-state index in [0.29, 0.717) is 0 Å². The van der Waals surface area contributed by atoms with E-state index in [0.717, 1.165) is 11.8 Å². The minimum absolute atomic E-state index is 0.791. The molecule has 0 saturated heterocycles. The maximum Gasteiger partial charge on any atom is 0.0962 e. The summed E-state index contributed by atoms with van der Waals surface area (Å²) in [6.45, 7) is 2.29. The van der Waals surface area contributed by atoms with Crippen LogP contribution in [0.2, 0.25) is 0 Å². The summed E-state index contributed by atoms with van der Waals surface area (Å²) in [6, 6.07) is 0. The first kappa shape index (κ1) is 7.98. The van der Waals surface area contributed by atoms with Crippen LogP contribution in [0.1, 0.15) is 60.0 Å². The van der Waals surface area contributed by atoms with E-state index in [4.69, 9.17) is 4.98 Å². The van der Waals surface area contributed by atoms with Crippen molar-refractivity contribution in [1.29, 1.82) is 0 Å². The summed E-state index contributed by atoms with van der Waals surface area (Å²) in [5, 5.41) is 1.45. The molecule has 0 spiro atoms. The number of fused-ring (bicyclic) bond motifs is 1. The molecule has 1 fully saturated rings. The average Bonchev–Trinajstić information content (AvgIpc) is 2.78. The minimum atomic E-state index is 0.791. The summed E-state index contributed by atoms with van der Waals surface area (Å²) in [7, 11) is 0. The van der Waals surface area contributed by atoms with Gasteiger partial charge in [0.15, 0.2) is 0 Å². The Kier molecular flexibility index (Phi) is 1.72. The summed E-state index contributed by atoms with van der Waals surface area (Å²) in [4.78, 5) is 6.43. The number of hydrogen-bond acceptors (Lipinski definition) is 2. The second kappa shape index (κ2) is 2.81. The molecule has 70 valence electrons. The Morgan fingerprint density at radius 3 is 2.92 bits per heavy atom. The summed E-state index contributed by atoms with van der Waals surface area (Å²) < 4.78 is 0. The zero-order chi connectivity index (χ0) is 8.84. The molecule has 1 saturated carbocycles. The maximum atomic E-state index is 4.82. The molecule has 2 heteroatoms. The molecule has 0 N–H and O–H groups in total. The van der Waals surface area contributed by atoms with Gasteiger partial charge >= 0.3 is 0 Å². The highest BCUT2D eigenvalue weighted by atomic mass is 32.1. The highest BCUT2D eigenvalue weighted by Crippen LogP contribution is 2.46. The molecule has 1 heterocycles. The van der Waals surface area contributed by atoms with Crippen LogP contribution in [-0.4, -0.2) is 4.98 Å². The van der Waals surface area contributed by atoms with E-state index in [1.54, 1.807) is 4.88 Å². The third-order valence-corrected chi connectivity index (χ3v) is 4.56.